The second kappa shape index (κ2) is 8.15. The van der Waals surface area contributed by atoms with E-state index < -0.39 is 11.5 Å². The molecule has 1 aliphatic rings. The SMILES string of the molecule is Cc1cn2c(/C=C/C(=O)c3ccc4c(c3)OCO4)c(-c3ccc(CO)c([N+](=O)[O-])c3)nc2s1. The molecule has 0 aliphatic carbocycles. The normalized spacial score (nSPS) is 12.7. The molecule has 0 saturated carbocycles. The number of ketones is 1. The van der Waals surface area contributed by atoms with Gasteiger partial charge >= 0.3 is 0 Å². The van der Waals surface area contributed by atoms with Crippen LogP contribution in [-0.2, 0) is 6.61 Å². The van der Waals surface area contributed by atoms with E-state index in [4.69, 9.17) is 9.47 Å². The predicted octanol–water partition coefficient (Wildman–Crippen LogP) is 4.40. The lowest BCUT2D eigenvalue weighted by molar-refractivity contribution is -0.385. The zero-order chi connectivity index (χ0) is 23.1. The first kappa shape index (κ1) is 20.9. The highest BCUT2D eigenvalue weighted by Crippen LogP contribution is 2.34. The number of hydrogen-bond acceptors (Lipinski definition) is 8. The highest BCUT2D eigenvalue weighted by molar-refractivity contribution is 7.17. The van der Waals surface area contributed by atoms with E-state index >= 15 is 0 Å². The number of hydrogen-bond donors (Lipinski definition) is 1. The zero-order valence-corrected chi connectivity index (χ0v) is 18.2. The molecule has 1 N–H and O–H groups in total. The van der Waals surface area contributed by atoms with Crippen LogP contribution in [0.1, 0.15) is 26.5 Å². The number of nitro benzene ring substituents is 1. The first-order valence-electron chi connectivity index (χ1n) is 9.93. The maximum atomic E-state index is 12.8. The van der Waals surface area contributed by atoms with Crippen LogP contribution in [0.2, 0.25) is 0 Å². The molecule has 166 valence electrons. The largest absolute Gasteiger partial charge is 0.454 e. The summed E-state index contributed by atoms with van der Waals surface area (Å²) in [4.78, 5) is 30.1. The van der Waals surface area contributed by atoms with Crippen LogP contribution in [-0.4, -0.2) is 32.0 Å². The van der Waals surface area contributed by atoms with Crippen molar-refractivity contribution < 1.29 is 24.3 Å². The minimum absolute atomic E-state index is 0.124. The van der Waals surface area contributed by atoms with E-state index in [2.05, 4.69) is 4.98 Å². The average molecular weight is 463 g/mol. The Kier molecular flexibility index (Phi) is 5.15. The van der Waals surface area contributed by atoms with Crippen molar-refractivity contribution in [1.29, 1.82) is 0 Å². The second-order valence-corrected chi connectivity index (χ2v) is 8.58. The van der Waals surface area contributed by atoms with E-state index in [1.54, 1.807) is 30.3 Å². The molecule has 9 nitrogen and oxygen atoms in total. The summed E-state index contributed by atoms with van der Waals surface area (Å²) in [5.74, 6) is 0.881. The third-order valence-corrected chi connectivity index (χ3v) is 6.15. The summed E-state index contributed by atoms with van der Waals surface area (Å²) in [5.41, 5.74) is 2.12. The number of nitro groups is 1. The number of ether oxygens (including phenoxy) is 2. The van der Waals surface area contributed by atoms with Gasteiger partial charge in [0.15, 0.2) is 22.2 Å². The molecule has 33 heavy (non-hydrogen) atoms. The maximum absolute atomic E-state index is 12.8. The molecule has 4 aromatic rings. The molecule has 0 unspecified atom stereocenters. The lowest BCUT2D eigenvalue weighted by Gasteiger charge is -2.04. The number of aromatic nitrogens is 2. The number of rotatable bonds is 6. The number of benzene rings is 2. The summed E-state index contributed by atoms with van der Waals surface area (Å²) in [6.45, 7) is 1.63. The number of carbonyl (C=O) groups is 1. The Labute approximate surface area is 191 Å². The van der Waals surface area contributed by atoms with Crippen LogP contribution in [0.3, 0.4) is 0 Å². The fraction of sp³-hybridized carbons (Fsp3) is 0.130. The van der Waals surface area contributed by atoms with Gasteiger partial charge in [-0.1, -0.05) is 6.07 Å². The summed E-state index contributed by atoms with van der Waals surface area (Å²) < 4.78 is 12.5. The number of aliphatic hydroxyl groups is 1. The van der Waals surface area contributed by atoms with Crippen LogP contribution in [0.25, 0.3) is 22.3 Å². The van der Waals surface area contributed by atoms with Crippen molar-refractivity contribution in [3.8, 4) is 22.8 Å². The maximum Gasteiger partial charge on any atom is 0.275 e. The summed E-state index contributed by atoms with van der Waals surface area (Å²) in [7, 11) is 0. The molecular formula is C23H17N3O6S. The lowest BCUT2D eigenvalue weighted by Crippen LogP contribution is -1.97. The van der Waals surface area contributed by atoms with E-state index in [1.165, 1.54) is 29.5 Å². The number of allylic oxidation sites excluding steroid dienone is 1. The predicted molar refractivity (Wildman–Crippen MR) is 122 cm³/mol. The van der Waals surface area contributed by atoms with Crippen molar-refractivity contribution in [3.05, 3.63) is 80.5 Å². The molecule has 0 amide bonds. The Bertz CT molecular complexity index is 1450. The van der Waals surface area contributed by atoms with Gasteiger partial charge in [-0.3, -0.25) is 19.3 Å². The van der Waals surface area contributed by atoms with Crippen LogP contribution in [0.15, 0.2) is 48.7 Å². The molecule has 10 heteroatoms. The van der Waals surface area contributed by atoms with Gasteiger partial charge in [-0.2, -0.15) is 0 Å². The van der Waals surface area contributed by atoms with Crippen LogP contribution in [0.5, 0.6) is 11.5 Å². The standard InChI is InChI=1S/C23H17N3O6S/c1-13-10-25-17(5-6-19(28)14-4-7-20-21(9-14)32-12-31-20)22(24-23(25)33-13)15-2-3-16(11-27)18(8-15)26(29)30/h2-10,27H,11-12H2,1H3/b6-5+. The molecule has 1 aliphatic heterocycles. The number of imidazole rings is 1. The van der Waals surface area contributed by atoms with Gasteiger partial charge in [0.2, 0.25) is 6.79 Å². The van der Waals surface area contributed by atoms with Gasteiger partial charge in [0.25, 0.3) is 5.69 Å². The van der Waals surface area contributed by atoms with Crippen LogP contribution in [0.4, 0.5) is 5.69 Å². The lowest BCUT2D eigenvalue weighted by atomic mass is 10.0. The van der Waals surface area contributed by atoms with E-state index in [9.17, 15) is 20.0 Å². The molecule has 3 heterocycles. The van der Waals surface area contributed by atoms with E-state index in [-0.39, 0.29) is 23.8 Å². The molecule has 2 aromatic heterocycles. The number of thiazole rings is 1. The van der Waals surface area contributed by atoms with Crippen molar-refractivity contribution in [1.82, 2.24) is 9.38 Å². The van der Waals surface area contributed by atoms with E-state index in [1.807, 2.05) is 17.5 Å². The first-order chi connectivity index (χ1) is 15.9. The number of aliphatic hydroxyl groups excluding tert-OH is 1. The fourth-order valence-corrected chi connectivity index (χ4v) is 4.49. The highest BCUT2D eigenvalue weighted by atomic mass is 32.1. The number of fused-ring (bicyclic) bond motifs is 2. The van der Waals surface area contributed by atoms with Gasteiger partial charge in [-0.25, -0.2) is 4.98 Å². The first-order valence-corrected chi connectivity index (χ1v) is 10.8. The van der Waals surface area contributed by atoms with Gasteiger partial charge in [0, 0.05) is 28.3 Å². The molecule has 0 atom stereocenters. The monoisotopic (exact) mass is 463 g/mol. The molecule has 0 saturated heterocycles. The van der Waals surface area contributed by atoms with Crippen LogP contribution < -0.4 is 9.47 Å². The number of aryl methyl sites for hydroxylation is 1. The average Bonchev–Trinajstić information content (AvgIpc) is 3.50. The fourth-order valence-electron chi connectivity index (χ4n) is 3.66. The smallest absolute Gasteiger partial charge is 0.275 e. The zero-order valence-electron chi connectivity index (χ0n) is 17.3. The van der Waals surface area contributed by atoms with Gasteiger partial charge in [-0.15, -0.1) is 11.3 Å². The molecule has 5 rings (SSSR count). The molecular weight excluding hydrogens is 446 g/mol. The van der Waals surface area contributed by atoms with Gasteiger partial charge in [0.05, 0.1) is 28.5 Å². The Hall–Kier alpha value is -4.02. The van der Waals surface area contributed by atoms with Crippen molar-refractivity contribution >= 4 is 33.8 Å². The highest BCUT2D eigenvalue weighted by Gasteiger charge is 2.20. The number of nitrogens with zero attached hydrogens (tertiary/aromatic N) is 3. The second-order valence-electron chi connectivity index (χ2n) is 7.36. The molecule has 2 aromatic carbocycles. The molecule has 0 fully saturated rings. The summed E-state index contributed by atoms with van der Waals surface area (Å²) in [6.07, 6.45) is 4.99. The van der Waals surface area contributed by atoms with E-state index in [0.717, 1.165) is 4.88 Å². The van der Waals surface area contributed by atoms with Gasteiger partial charge in [0.1, 0.15) is 0 Å². The summed E-state index contributed by atoms with van der Waals surface area (Å²) >= 11 is 1.47. The molecule has 0 radical (unpaired) electrons. The molecule has 0 spiro atoms. The Morgan fingerprint density at radius 3 is 2.88 bits per heavy atom. The Balaban J connectivity index is 1.57. The van der Waals surface area contributed by atoms with Crippen molar-refractivity contribution in [3.63, 3.8) is 0 Å². The van der Waals surface area contributed by atoms with Crippen molar-refractivity contribution in [2.24, 2.45) is 0 Å². The minimum atomic E-state index is -0.531. The summed E-state index contributed by atoms with van der Waals surface area (Å²) in [6, 6.07) is 9.57. The van der Waals surface area contributed by atoms with Gasteiger partial charge < -0.3 is 14.6 Å². The minimum Gasteiger partial charge on any atom is -0.454 e. The third-order valence-electron chi connectivity index (χ3n) is 5.25. The Morgan fingerprint density at radius 2 is 2.09 bits per heavy atom. The van der Waals surface area contributed by atoms with Gasteiger partial charge in [-0.05, 0) is 43.3 Å². The van der Waals surface area contributed by atoms with Crippen molar-refractivity contribution in [2.45, 2.75) is 13.5 Å². The topological polar surface area (TPSA) is 116 Å². The summed E-state index contributed by atoms with van der Waals surface area (Å²) in [5, 5.41) is 20.9. The third kappa shape index (κ3) is 3.75. The van der Waals surface area contributed by atoms with Crippen LogP contribution >= 0.6 is 11.3 Å². The van der Waals surface area contributed by atoms with E-state index in [0.29, 0.717) is 39.0 Å². The molecule has 0 bridgehead atoms. The number of carbonyl (C=O) groups excluding carboxylic acids is 1. The Morgan fingerprint density at radius 1 is 1.27 bits per heavy atom. The van der Waals surface area contributed by atoms with Crippen LogP contribution in [0, 0.1) is 17.0 Å². The van der Waals surface area contributed by atoms with Crippen molar-refractivity contribution in [2.75, 3.05) is 6.79 Å². The quantitative estimate of drug-likeness (QED) is 0.195.